The molecule has 0 saturated heterocycles. The number of hydrogen-bond donors (Lipinski definition) is 1. The van der Waals surface area contributed by atoms with Crippen LogP contribution >= 0.6 is 0 Å². The zero-order valence-corrected chi connectivity index (χ0v) is 17.8. The summed E-state index contributed by atoms with van der Waals surface area (Å²) < 4.78 is 68.5. The van der Waals surface area contributed by atoms with Gasteiger partial charge in [-0.2, -0.15) is 0 Å². The van der Waals surface area contributed by atoms with Crippen LogP contribution in [0.1, 0.15) is 17.8 Å². The van der Waals surface area contributed by atoms with Crippen molar-refractivity contribution in [2.75, 3.05) is 26.2 Å². The molecule has 34 heavy (non-hydrogen) atoms. The SMILES string of the molecule is Fc1c(F)c(F)c(CN2C=NC3=C(C2)CN(CC#Cc2nc4ccccc4[nH]2)CC3)c(F)c1F. The molecule has 2 aliphatic rings. The molecule has 0 spiro atoms. The lowest BCUT2D eigenvalue weighted by atomic mass is 10.0. The summed E-state index contributed by atoms with van der Waals surface area (Å²) in [6.07, 6.45) is 2.06. The third-order valence-electron chi connectivity index (χ3n) is 5.82. The van der Waals surface area contributed by atoms with Crippen LogP contribution in [0, 0.1) is 40.9 Å². The largest absolute Gasteiger partial charge is 0.354 e. The Labute approximate surface area is 191 Å². The Bertz CT molecular complexity index is 1340. The Morgan fingerprint density at radius 1 is 0.941 bits per heavy atom. The summed E-state index contributed by atoms with van der Waals surface area (Å²) in [5, 5.41) is 0. The molecule has 1 aromatic heterocycles. The Morgan fingerprint density at radius 2 is 1.68 bits per heavy atom. The minimum Gasteiger partial charge on any atom is -0.354 e. The second kappa shape index (κ2) is 8.91. The lowest BCUT2D eigenvalue weighted by molar-refractivity contribution is 0.297. The van der Waals surface area contributed by atoms with E-state index >= 15 is 0 Å². The predicted octanol–water partition coefficient (Wildman–Crippen LogP) is 4.11. The average molecular weight is 471 g/mol. The van der Waals surface area contributed by atoms with Crippen molar-refractivity contribution in [2.24, 2.45) is 4.99 Å². The van der Waals surface area contributed by atoms with Crippen LogP contribution in [0.5, 0.6) is 0 Å². The third-order valence-corrected chi connectivity index (χ3v) is 5.82. The topological polar surface area (TPSA) is 47.5 Å². The van der Waals surface area contributed by atoms with Gasteiger partial charge < -0.3 is 9.88 Å². The van der Waals surface area contributed by atoms with Crippen molar-refractivity contribution in [3.05, 3.63) is 76.0 Å². The first-order valence-electron chi connectivity index (χ1n) is 10.6. The Morgan fingerprint density at radius 3 is 2.44 bits per heavy atom. The molecule has 2 aromatic carbocycles. The number of imidazole rings is 1. The number of nitrogens with zero attached hydrogens (tertiary/aromatic N) is 4. The number of H-pyrrole nitrogens is 1. The van der Waals surface area contributed by atoms with E-state index in [4.69, 9.17) is 0 Å². The van der Waals surface area contributed by atoms with E-state index < -0.39 is 41.2 Å². The maximum atomic E-state index is 14.1. The van der Waals surface area contributed by atoms with Crippen LogP contribution in [0.15, 0.2) is 40.5 Å². The highest BCUT2D eigenvalue weighted by molar-refractivity contribution is 5.75. The van der Waals surface area contributed by atoms with E-state index in [1.807, 2.05) is 24.3 Å². The first-order valence-corrected chi connectivity index (χ1v) is 10.6. The van der Waals surface area contributed by atoms with Gasteiger partial charge in [0.1, 0.15) is 0 Å². The number of nitrogens with one attached hydrogen (secondary N) is 1. The molecule has 0 amide bonds. The molecule has 0 radical (unpaired) electrons. The van der Waals surface area contributed by atoms with Gasteiger partial charge in [-0.05, 0) is 23.6 Å². The minimum atomic E-state index is -2.16. The lowest BCUT2D eigenvalue weighted by Gasteiger charge is -2.33. The molecule has 0 atom stereocenters. The van der Waals surface area contributed by atoms with E-state index in [1.54, 1.807) is 0 Å². The molecule has 0 fully saturated rings. The van der Waals surface area contributed by atoms with Gasteiger partial charge in [0.05, 0.1) is 30.5 Å². The molecule has 0 bridgehead atoms. The predicted molar refractivity (Wildman–Crippen MR) is 116 cm³/mol. The van der Waals surface area contributed by atoms with Gasteiger partial charge in [-0.25, -0.2) is 31.9 Å². The van der Waals surface area contributed by atoms with Crippen LogP contribution < -0.4 is 0 Å². The standard InChI is InChI=1S/C24H18F5N5/c25-20-15(21(26)23(28)24(29)22(20)27)12-34-11-14-10-33(9-7-16(14)30-13-34)8-3-6-19-31-17-4-1-2-5-18(17)32-19/h1-2,4-5,13H,7-12H2,(H,31,32). The summed E-state index contributed by atoms with van der Waals surface area (Å²) in [5.41, 5.74) is 2.66. The summed E-state index contributed by atoms with van der Waals surface area (Å²) in [6.45, 7) is 1.54. The van der Waals surface area contributed by atoms with Crippen molar-refractivity contribution >= 4 is 17.4 Å². The molecular weight excluding hydrogens is 453 g/mol. The molecule has 2 aliphatic heterocycles. The van der Waals surface area contributed by atoms with E-state index in [0.29, 0.717) is 25.3 Å². The van der Waals surface area contributed by atoms with Crippen LogP contribution in [0.25, 0.3) is 11.0 Å². The molecule has 0 aliphatic carbocycles. The molecule has 174 valence electrons. The molecular formula is C24H18F5N5. The summed E-state index contributed by atoms with van der Waals surface area (Å²) >= 11 is 0. The van der Waals surface area contributed by atoms with Crippen LogP contribution in [0.3, 0.4) is 0 Å². The second-order valence-electron chi connectivity index (χ2n) is 8.11. The van der Waals surface area contributed by atoms with Gasteiger partial charge in [0.15, 0.2) is 29.1 Å². The number of halogens is 5. The highest BCUT2D eigenvalue weighted by Gasteiger charge is 2.28. The van der Waals surface area contributed by atoms with Gasteiger partial charge in [-0.3, -0.25) is 4.90 Å². The van der Waals surface area contributed by atoms with Gasteiger partial charge in [0, 0.05) is 37.3 Å². The maximum Gasteiger partial charge on any atom is 0.200 e. The number of rotatable bonds is 3. The number of benzene rings is 2. The van der Waals surface area contributed by atoms with Gasteiger partial charge in [-0.1, -0.05) is 18.1 Å². The average Bonchev–Trinajstić information content (AvgIpc) is 3.27. The van der Waals surface area contributed by atoms with Crippen LogP contribution in [0.4, 0.5) is 22.0 Å². The van der Waals surface area contributed by atoms with Crippen molar-refractivity contribution in [3.8, 4) is 11.8 Å². The van der Waals surface area contributed by atoms with E-state index in [2.05, 4.69) is 31.7 Å². The van der Waals surface area contributed by atoms with E-state index in [9.17, 15) is 22.0 Å². The maximum absolute atomic E-state index is 14.1. The van der Waals surface area contributed by atoms with Crippen LogP contribution in [-0.2, 0) is 6.54 Å². The number of aliphatic imine (C=N–C) groups is 1. The lowest BCUT2D eigenvalue weighted by Crippen LogP contribution is -2.38. The monoisotopic (exact) mass is 471 g/mol. The number of fused-ring (bicyclic) bond motifs is 1. The van der Waals surface area contributed by atoms with Crippen molar-refractivity contribution in [1.82, 2.24) is 19.8 Å². The molecule has 1 N–H and O–H groups in total. The highest BCUT2D eigenvalue weighted by atomic mass is 19.2. The minimum absolute atomic E-state index is 0.270. The first kappa shape index (κ1) is 22.1. The second-order valence-corrected chi connectivity index (χ2v) is 8.11. The van der Waals surface area contributed by atoms with Crippen molar-refractivity contribution < 1.29 is 22.0 Å². The van der Waals surface area contributed by atoms with Gasteiger partial charge >= 0.3 is 0 Å². The normalized spacial score (nSPS) is 16.1. The van der Waals surface area contributed by atoms with Crippen LogP contribution in [-0.4, -0.2) is 52.3 Å². The molecule has 10 heteroatoms. The highest BCUT2D eigenvalue weighted by Crippen LogP contribution is 2.27. The smallest absolute Gasteiger partial charge is 0.200 e. The summed E-state index contributed by atoms with van der Waals surface area (Å²) in [6, 6.07) is 7.64. The Kier molecular flexibility index (Phi) is 5.79. The molecule has 0 unspecified atom stereocenters. The summed E-state index contributed by atoms with van der Waals surface area (Å²) in [5.74, 6) is -3.01. The molecule has 0 saturated carbocycles. The number of aromatic nitrogens is 2. The Balaban J connectivity index is 1.24. The number of para-hydroxylation sites is 2. The molecule has 3 heterocycles. The zero-order valence-electron chi connectivity index (χ0n) is 17.8. The zero-order chi connectivity index (χ0) is 23.8. The van der Waals surface area contributed by atoms with Gasteiger partial charge in [0.2, 0.25) is 5.82 Å². The fraction of sp³-hybridized carbons (Fsp3) is 0.250. The summed E-state index contributed by atoms with van der Waals surface area (Å²) in [4.78, 5) is 15.4. The van der Waals surface area contributed by atoms with Crippen molar-refractivity contribution in [2.45, 2.75) is 13.0 Å². The van der Waals surface area contributed by atoms with E-state index in [1.165, 1.54) is 11.2 Å². The van der Waals surface area contributed by atoms with Gasteiger partial charge in [0.25, 0.3) is 0 Å². The fourth-order valence-electron chi connectivity index (χ4n) is 4.09. The number of aromatic amines is 1. The van der Waals surface area contributed by atoms with E-state index in [0.717, 1.165) is 28.8 Å². The van der Waals surface area contributed by atoms with E-state index in [-0.39, 0.29) is 6.54 Å². The third kappa shape index (κ3) is 4.15. The quantitative estimate of drug-likeness (QED) is 0.271. The number of hydrogen-bond acceptors (Lipinski definition) is 4. The Hall–Kier alpha value is -3.71. The van der Waals surface area contributed by atoms with Crippen LogP contribution in [0.2, 0.25) is 0 Å². The fourth-order valence-corrected chi connectivity index (χ4v) is 4.09. The molecule has 5 rings (SSSR count). The van der Waals surface area contributed by atoms with Gasteiger partial charge in [-0.15, -0.1) is 0 Å². The van der Waals surface area contributed by atoms with Crippen molar-refractivity contribution in [1.29, 1.82) is 0 Å². The molecule has 5 nitrogen and oxygen atoms in total. The summed E-state index contributed by atoms with van der Waals surface area (Å²) in [7, 11) is 0. The first-order chi connectivity index (χ1) is 16.4. The van der Waals surface area contributed by atoms with Crippen molar-refractivity contribution in [3.63, 3.8) is 0 Å². The molecule has 3 aromatic rings.